The maximum atomic E-state index is 12.5. The normalized spacial score (nSPS) is 14.6. The molecule has 0 saturated carbocycles. The molecule has 0 radical (unpaired) electrons. The molecular formula is C22H25N5O3S. The summed E-state index contributed by atoms with van der Waals surface area (Å²) in [4.78, 5) is 44.4. The third kappa shape index (κ3) is 4.32. The molecule has 1 aromatic carbocycles. The summed E-state index contributed by atoms with van der Waals surface area (Å²) in [6, 6.07) is 8.99. The molecule has 3 aromatic rings. The molecule has 0 unspecified atom stereocenters. The maximum absolute atomic E-state index is 12.5. The molecule has 2 N–H and O–H groups in total. The number of rotatable bonds is 4. The van der Waals surface area contributed by atoms with Gasteiger partial charge in [-0.2, -0.15) is 0 Å². The number of amides is 3. The molecule has 1 fully saturated rings. The third-order valence-corrected chi connectivity index (χ3v) is 6.56. The number of thiophene rings is 1. The Kier molecular flexibility index (Phi) is 6.03. The van der Waals surface area contributed by atoms with Gasteiger partial charge in [0.25, 0.3) is 11.8 Å². The SMILES string of the molecule is CCn1c(C)nc2cc(C(=O)NNC(=O)C3CCN(C(=O)c4cccs4)CC3)ccc21. The topological polar surface area (TPSA) is 96.3 Å². The Hall–Kier alpha value is -3.20. The predicted molar refractivity (Wildman–Crippen MR) is 119 cm³/mol. The summed E-state index contributed by atoms with van der Waals surface area (Å²) in [6.45, 7) is 5.84. The van der Waals surface area contributed by atoms with E-state index in [0.717, 1.165) is 23.4 Å². The van der Waals surface area contributed by atoms with Crippen LogP contribution in [0.25, 0.3) is 11.0 Å². The number of hydrogen-bond donors (Lipinski definition) is 2. The first-order valence-corrected chi connectivity index (χ1v) is 11.3. The van der Waals surface area contributed by atoms with E-state index in [1.165, 1.54) is 11.3 Å². The maximum Gasteiger partial charge on any atom is 0.269 e. The Morgan fingerprint density at radius 3 is 2.61 bits per heavy atom. The molecule has 31 heavy (non-hydrogen) atoms. The molecule has 9 heteroatoms. The largest absolute Gasteiger partial charge is 0.338 e. The second-order valence-corrected chi connectivity index (χ2v) is 8.54. The molecular weight excluding hydrogens is 414 g/mol. The van der Waals surface area contributed by atoms with E-state index < -0.39 is 0 Å². The van der Waals surface area contributed by atoms with Crippen molar-refractivity contribution >= 4 is 40.1 Å². The van der Waals surface area contributed by atoms with Crippen molar-refractivity contribution in [2.45, 2.75) is 33.2 Å². The lowest BCUT2D eigenvalue weighted by atomic mass is 9.96. The van der Waals surface area contributed by atoms with Gasteiger partial charge in [0, 0.05) is 31.1 Å². The zero-order valence-corrected chi connectivity index (χ0v) is 18.4. The fraction of sp³-hybridized carbons (Fsp3) is 0.364. The molecule has 2 aromatic heterocycles. The minimum atomic E-state index is -0.385. The summed E-state index contributed by atoms with van der Waals surface area (Å²) in [7, 11) is 0. The minimum Gasteiger partial charge on any atom is -0.338 e. The quantitative estimate of drug-likeness (QED) is 0.611. The number of fused-ring (bicyclic) bond motifs is 1. The van der Waals surface area contributed by atoms with E-state index in [0.29, 0.717) is 36.4 Å². The molecule has 1 aliphatic heterocycles. The van der Waals surface area contributed by atoms with Gasteiger partial charge in [-0.05, 0) is 56.3 Å². The van der Waals surface area contributed by atoms with Crippen molar-refractivity contribution in [2.75, 3.05) is 13.1 Å². The number of nitrogens with one attached hydrogen (secondary N) is 2. The van der Waals surface area contributed by atoms with Crippen LogP contribution in [0.5, 0.6) is 0 Å². The summed E-state index contributed by atoms with van der Waals surface area (Å²) in [5, 5.41) is 1.88. The number of carbonyl (C=O) groups is 3. The van der Waals surface area contributed by atoms with Crippen molar-refractivity contribution in [3.8, 4) is 0 Å². The van der Waals surface area contributed by atoms with Gasteiger partial charge >= 0.3 is 0 Å². The number of carbonyl (C=O) groups excluding carboxylic acids is 3. The molecule has 0 bridgehead atoms. The zero-order valence-electron chi connectivity index (χ0n) is 17.6. The fourth-order valence-electron chi connectivity index (χ4n) is 3.98. The first kappa shape index (κ1) is 21.0. The van der Waals surface area contributed by atoms with E-state index in [1.807, 2.05) is 37.4 Å². The van der Waals surface area contributed by atoms with Crippen LogP contribution in [0, 0.1) is 12.8 Å². The Balaban J connectivity index is 1.30. The molecule has 8 nitrogen and oxygen atoms in total. The number of likely N-dealkylation sites (tertiary alicyclic amines) is 1. The van der Waals surface area contributed by atoms with E-state index in [1.54, 1.807) is 17.0 Å². The average Bonchev–Trinajstić information content (AvgIpc) is 3.43. The van der Waals surface area contributed by atoms with E-state index in [2.05, 4.69) is 20.4 Å². The van der Waals surface area contributed by atoms with Gasteiger partial charge in [0.15, 0.2) is 0 Å². The number of nitrogens with zero attached hydrogens (tertiary/aromatic N) is 3. The minimum absolute atomic E-state index is 0.0123. The number of benzene rings is 1. The number of aromatic nitrogens is 2. The summed E-state index contributed by atoms with van der Waals surface area (Å²) >= 11 is 1.42. The van der Waals surface area contributed by atoms with Crippen molar-refractivity contribution < 1.29 is 14.4 Å². The van der Waals surface area contributed by atoms with Gasteiger partial charge in [0.2, 0.25) is 5.91 Å². The molecule has 3 amide bonds. The van der Waals surface area contributed by atoms with Gasteiger partial charge in [-0.3, -0.25) is 25.2 Å². The second-order valence-electron chi connectivity index (χ2n) is 7.59. The smallest absolute Gasteiger partial charge is 0.269 e. The molecule has 0 spiro atoms. The fourth-order valence-corrected chi connectivity index (χ4v) is 4.67. The molecule has 0 atom stereocenters. The summed E-state index contributed by atoms with van der Waals surface area (Å²) in [6.07, 6.45) is 1.14. The first-order valence-electron chi connectivity index (χ1n) is 10.4. The molecule has 1 aliphatic rings. The van der Waals surface area contributed by atoms with Gasteiger partial charge in [-0.25, -0.2) is 4.98 Å². The summed E-state index contributed by atoms with van der Waals surface area (Å²) in [5.41, 5.74) is 7.20. The standard InChI is InChI=1S/C22H25N5O3S/c1-3-27-14(2)23-17-13-16(6-7-18(17)27)21(29)25-24-20(28)15-8-10-26(11-9-15)22(30)19-5-4-12-31-19/h4-7,12-13,15H,3,8-11H2,1-2H3,(H,24,28)(H,25,29). The van der Waals surface area contributed by atoms with Gasteiger partial charge in [0.05, 0.1) is 15.9 Å². The number of aryl methyl sites for hydroxylation is 2. The average molecular weight is 440 g/mol. The highest BCUT2D eigenvalue weighted by atomic mass is 32.1. The molecule has 3 heterocycles. The van der Waals surface area contributed by atoms with E-state index in [9.17, 15) is 14.4 Å². The number of hydrogen-bond acceptors (Lipinski definition) is 5. The van der Waals surface area contributed by atoms with Crippen LogP contribution in [-0.2, 0) is 11.3 Å². The highest BCUT2D eigenvalue weighted by molar-refractivity contribution is 7.12. The van der Waals surface area contributed by atoms with Gasteiger partial charge in [-0.15, -0.1) is 11.3 Å². The lowest BCUT2D eigenvalue weighted by molar-refractivity contribution is -0.127. The highest BCUT2D eigenvalue weighted by Gasteiger charge is 2.28. The molecule has 162 valence electrons. The molecule has 0 aliphatic carbocycles. The number of piperidine rings is 1. The Labute approximate surface area is 184 Å². The molecule has 4 rings (SSSR count). The Bertz CT molecular complexity index is 1110. The Morgan fingerprint density at radius 1 is 1.16 bits per heavy atom. The summed E-state index contributed by atoms with van der Waals surface area (Å²) < 4.78 is 2.08. The monoisotopic (exact) mass is 439 g/mol. The van der Waals surface area contributed by atoms with Gasteiger partial charge in [0.1, 0.15) is 5.82 Å². The van der Waals surface area contributed by atoms with Crippen molar-refractivity contribution in [3.63, 3.8) is 0 Å². The van der Waals surface area contributed by atoms with Crippen molar-refractivity contribution in [1.29, 1.82) is 0 Å². The van der Waals surface area contributed by atoms with Crippen LogP contribution in [0.15, 0.2) is 35.7 Å². The van der Waals surface area contributed by atoms with Gasteiger partial charge < -0.3 is 9.47 Å². The van der Waals surface area contributed by atoms with Crippen LogP contribution in [0.1, 0.15) is 45.6 Å². The third-order valence-electron chi connectivity index (χ3n) is 5.70. The van der Waals surface area contributed by atoms with E-state index in [-0.39, 0.29) is 23.6 Å². The van der Waals surface area contributed by atoms with E-state index >= 15 is 0 Å². The Morgan fingerprint density at radius 2 is 1.94 bits per heavy atom. The van der Waals surface area contributed by atoms with Crippen LogP contribution in [0.3, 0.4) is 0 Å². The van der Waals surface area contributed by atoms with E-state index in [4.69, 9.17) is 0 Å². The number of hydrazine groups is 1. The van der Waals surface area contributed by atoms with Crippen LogP contribution in [0.2, 0.25) is 0 Å². The van der Waals surface area contributed by atoms with Crippen LogP contribution in [0.4, 0.5) is 0 Å². The van der Waals surface area contributed by atoms with Crippen LogP contribution in [-0.4, -0.2) is 45.3 Å². The zero-order chi connectivity index (χ0) is 22.0. The number of imidazole rings is 1. The van der Waals surface area contributed by atoms with Crippen LogP contribution >= 0.6 is 11.3 Å². The highest BCUT2D eigenvalue weighted by Crippen LogP contribution is 2.21. The van der Waals surface area contributed by atoms with Crippen molar-refractivity contribution in [3.05, 3.63) is 52.0 Å². The van der Waals surface area contributed by atoms with Crippen LogP contribution < -0.4 is 10.9 Å². The first-order chi connectivity index (χ1) is 15.0. The predicted octanol–water partition coefficient (Wildman–Crippen LogP) is 2.74. The molecule has 1 saturated heterocycles. The van der Waals surface area contributed by atoms with Crippen molar-refractivity contribution in [1.82, 2.24) is 25.3 Å². The van der Waals surface area contributed by atoms with Crippen molar-refractivity contribution in [2.24, 2.45) is 5.92 Å². The lowest BCUT2D eigenvalue weighted by Crippen LogP contribution is -2.48. The second kappa shape index (κ2) is 8.89. The summed E-state index contributed by atoms with van der Waals surface area (Å²) in [5.74, 6) is 0.0525. The van der Waals surface area contributed by atoms with Gasteiger partial charge in [-0.1, -0.05) is 6.07 Å². The lowest BCUT2D eigenvalue weighted by Gasteiger charge is -2.31.